The Morgan fingerprint density at radius 1 is 1.08 bits per heavy atom. The number of likely N-dealkylation sites (tertiary alicyclic amines) is 1. The molecule has 0 bridgehead atoms. The first kappa shape index (κ1) is 15.8. The summed E-state index contributed by atoms with van der Waals surface area (Å²) in [5, 5.41) is 3.36. The Hall–Kier alpha value is -1.75. The number of piperidine rings is 1. The molecule has 0 N–H and O–H groups in total. The lowest BCUT2D eigenvalue weighted by molar-refractivity contribution is -0.136. The summed E-state index contributed by atoms with van der Waals surface area (Å²) in [4.78, 5) is 23.5. The first-order valence-electron chi connectivity index (χ1n) is 8.96. The van der Waals surface area contributed by atoms with Crippen molar-refractivity contribution in [3.63, 3.8) is 0 Å². The molecule has 4 nitrogen and oxygen atoms in total. The summed E-state index contributed by atoms with van der Waals surface area (Å²) in [7, 11) is 0. The molecule has 0 radical (unpaired) electrons. The summed E-state index contributed by atoms with van der Waals surface area (Å²) < 4.78 is 0. The van der Waals surface area contributed by atoms with E-state index in [1.807, 2.05) is 24.5 Å². The van der Waals surface area contributed by atoms with Crippen LogP contribution in [-0.4, -0.2) is 33.9 Å². The van der Waals surface area contributed by atoms with Gasteiger partial charge in [-0.1, -0.05) is 12.8 Å². The quantitative estimate of drug-likeness (QED) is 0.844. The molecule has 1 aliphatic heterocycles. The third-order valence-electron chi connectivity index (χ3n) is 5.36. The van der Waals surface area contributed by atoms with Crippen LogP contribution >= 0.6 is 11.3 Å². The molecule has 0 unspecified atom stereocenters. The van der Waals surface area contributed by atoms with Gasteiger partial charge in [0.15, 0.2) is 0 Å². The molecule has 24 heavy (non-hydrogen) atoms. The second-order valence-corrected chi connectivity index (χ2v) is 7.78. The van der Waals surface area contributed by atoms with Gasteiger partial charge in [-0.3, -0.25) is 9.78 Å². The second kappa shape index (κ2) is 7.01. The van der Waals surface area contributed by atoms with E-state index in [0.29, 0.717) is 17.7 Å². The van der Waals surface area contributed by atoms with Crippen LogP contribution in [0.1, 0.15) is 49.5 Å². The Kier molecular flexibility index (Phi) is 4.60. The van der Waals surface area contributed by atoms with Crippen LogP contribution < -0.4 is 0 Å². The van der Waals surface area contributed by atoms with Crippen LogP contribution in [0.15, 0.2) is 29.9 Å². The molecule has 0 atom stereocenters. The number of carbonyl (C=O) groups excluding carboxylic acids is 1. The van der Waals surface area contributed by atoms with Gasteiger partial charge in [0, 0.05) is 48.3 Å². The molecule has 5 heteroatoms. The van der Waals surface area contributed by atoms with E-state index in [0.717, 1.165) is 50.0 Å². The van der Waals surface area contributed by atoms with Crippen LogP contribution in [0.25, 0.3) is 11.3 Å². The highest BCUT2D eigenvalue weighted by Gasteiger charge is 2.31. The third kappa shape index (κ3) is 3.22. The van der Waals surface area contributed by atoms with Gasteiger partial charge < -0.3 is 4.90 Å². The number of aromatic nitrogens is 2. The number of nitrogens with zero attached hydrogens (tertiary/aromatic N) is 3. The number of hydrogen-bond acceptors (Lipinski definition) is 4. The molecule has 2 aromatic heterocycles. The zero-order chi connectivity index (χ0) is 16.4. The highest BCUT2D eigenvalue weighted by atomic mass is 32.1. The minimum Gasteiger partial charge on any atom is -0.342 e. The van der Waals surface area contributed by atoms with Gasteiger partial charge in [-0.25, -0.2) is 4.98 Å². The molecule has 126 valence electrons. The normalized spacial score (nSPS) is 19.8. The van der Waals surface area contributed by atoms with E-state index >= 15 is 0 Å². The maximum atomic E-state index is 12.5. The minimum absolute atomic E-state index is 0.305. The zero-order valence-corrected chi connectivity index (χ0v) is 14.7. The van der Waals surface area contributed by atoms with Gasteiger partial charge >= 0.3 is 0 Å². The van der Waals surface area contributed by atoms with Gasteiger partial charge in [-0.15, -0.1) is 11.3 Å². The summed E-state index contributed by atoms with van der Waals surface area (Å²) in [5.41, 5.74) is 2.17. The number of amides is 1. The Morgan fingerprint density at radius 3 is 2.50 bits per heavy atom. The van der Waals surface area contributed by atoms with Crippen molar-refractivity contribution in [1.82, 2.24) is 14.9 Å². The lowest BCUT2D eigenvalue weighted by atomic mass is 9.96. The van der Waals surface area contributed by atoms with Crippen LogP contribution in [0.3, 0.4) is 0 Å². The van der Waals surface area contributed by atoms with E-state index in [1.54, 1.807) is 11.3 Å². The fourth-order valence-electron chi connectivity index (χ4n) is 3.91. The summed E-state index contributed by atoms with van der Waals surface area (Å²) in [6, 6.07) is 4.00. The summed E-state index contributed by atoms with van der Waals surface area (Å²) >= 11 is 1.75. The number of pyridine rings is 1. The highest BCUT2D eigenvalue weighted by Crippen LogP contribution is 2.34. The van der Waals surface area contributed by atoms with Crippen LogP contribution in [0.2, 0.25) is 0 Å². The molecule has 1 aliphatic carbocycles. The van der Waals surface area contributed by atoms with Gasteiger partial charge in [0.1, 0.15) is 0 Å². The standard InChI is InChI=1S/C19H23N3OS/c23-19(16-3-1-2-4-16)22-11-7-15(8-12-22)18-21-17(13-24-18)14-5-9-20-10-6-14/h5-6,9-10,13,15-16H,1-4,7-8,11-12H2. The molecule has 1 amide bonds. The molecule has 1 saturated heterocycles. The van der Waals surface area contributed by atoms with Crippen LogP contribution in [-0.2, 0) is 4.79 Å². The molecular weight excluding hydrogens is 318 g/mol. The van der Waals surface area contributed by atoms with Crippen LogP contribution in [0.4, 0.5) is 0 Å². The predicted molar refractivity (Wildman–Crippen MR) is 95.9 cm³/mol. The fourth-order valence-corrected chi connectivity index (χ4v) is 4.91. The predicted octanol–water partition coefficient (Wildman–Crippen LogP) is 4.10. The SMILES string of the molecule is O=C(C1CCCC1)N1CCC(c2nc(-c3ccncc3)cs2)CC1. The first-order chi connectivity index (χ1) is 11.8. The number of hydrogen-bond donors (Lipinski definition) is 0. The Labute approximate surface area is 146 Å². The van der Waals surface area contributed by atoms with Crippen molar-refractivity contribution in [2.45, 2.75) is 44.4 Å². The van der Waals surface area contributed by atoms with Crippen molar-refractivity contribution in [3.8, 4) is 11.3 Å². The van der Waals surface area contributed by atoms with Crippen molar-refractivity contribution >= 4 is 17.2 Å². The Balaban J connectivity index is 1.38. The summed E-state index contributed by atoms with van der Waals surface area (Å²) in [6.07, 6.45) is 10.3. The van der Waals surface area contributed by atoms with Crippen molar-refractivity contribution in [3.05, 3.63) is 34.9 Å². The van der Waals surface area contributed by atoms with E-state index in [1.165, 1.54) is 17.8 Å². The zero-order valence-electron chi connectivity index (χ0n) is 13.9. The maximum Gasteiger partial charge on any atom is 0.225 e. The Bertz CT molecular complexity index is 686. The van der Waals surface area contributed by atoms with Gasteiger partial charge in [-0.2, -0.15) is 0 Å². The molecule has 2 aromatic rings. The summed E-state index contributed by atoms with van der Waals surface area (Å²) in [5.74, 6) is 1.21. The van der Waals surface area contributed by atoms with Crippen molar-refractivity contribution in [2.24, 2.45) is 5.92 Å². The van der Waals surface area contributed by atoms with Crippen LogP contribution in [0.5, 0.6) is 0 Å². The third-order valence-corrected chi connectivity index (χ3v) is 6.37. The fraction of sp³-hybridized carbons (Fsp3) is 0.526. The van der Waals surface area contributed by atoms with E-state index in [-0.39, 0.29) is 0 Å². The smallest absolute Gasteiger partial charge is 0.225 e. The van der Waals surface area contributed by atoms with E-state index < -0.39 is 0 Å². The average Bonchev–Trinajstić information content (AvgIpc) is 3.34. The van der Waals surface area contributed by atoms with Crippen molar-refractivity contribution in [1.29, 1.82) is 0 Å². The summed E-state index contributed by atoms with van der Waals surface area (Å²) in [6.45, 7) is 1.79. The average molecular weight is 341 g/mol. The van der Waals surface area contributed by atoms with Crippen molar-refractivity contribution in [2.75, 3.05) is 13.1 Å². The molecule has 2 fully saturated rings. The van der Waals surface area contributed by atoms with Gasteiger partial charge in [-0.05, 0) is 37.8 Å². The van der Waals surface area contributed by atoms with E-state index in [4.69, 9.17) is 4.98 Å². The molecule has 0 aromatic carbocycles. The topological polar surface area (TPSA) is 46.1 Å². The number of carbonyl (C=O) groups is 1. The highest BCUT2D eigenvalue weighted by molar-refractivity contribution is 7.10. The maximum absolute atomic E-state index is 12.5. The molecule has 3 heterocycles. The van der Waals surface area contributed by atoms with Gasteiger partial charge in [0.2, 0.25) is 5.91 Å². The minimum atomic E-state index is 0.305. The number of rotatable bonds is 3. The van der Waals surface area contributed by atoms with E-state index in [9.17, 15) is 4.79 Å². The molecule has 0 spiro atoms. The van der Waals surface area contributed by atoms with Crippen molar-refractivity contribution < 1.29 is 4.79 Å². The number of thiazole rings is 1. The molecule has 2 aliphatic rings. The lowest BCUT2D eigenvalue weighted by Gasteiger charge is -2.32. The molecule has 1 saturated carbocycles. The molecule has 4 rings (SSSR count). The monoisotopic (exact) mass is 341 g/mol. The van der Waals surface area contributed by atoms with Crippen LogP contribution in [0, 0.1) is 5.92 Å². The second-order valence-electron chi connectivity index (χ2n) is 6.89. The first-order valence-corrected chi connectivity index (χ1v) is 9.84. The van der Waals surface area contributed by atoms with Gasteiger partial charge in [0.05, 0.1) is 10.7 Å². The van der Waals surface area contributed by atoms with Gasteiger partial charge in [0.25, 0.3) is 0 Å². The Morgan fingerprint density at radius 2 is 1.79 bits per heavy atom. The molecular formula is C19H23N3OS. The van der Waals surface area contributed by atoms with E-state index in [2.05, 4.69) is 15.3 Å². The largest absolute Gasteiger partial charge is 0.342 e. The lowest BCUT2D eigenvalue weighted by Crippen LogP contribution is -2.40.